The molecule has 24 heavy (non-hydrogen) atoms. The molecule has 0 aromatic heterocycles. The van der Waals surface area contributed by atoms with Gasteiger partial charge < -0.3 is 10.2 Å². The van der Waals surface area contributed by atoms with Crippen molar-refractivity contribution < 1.29 is 9.59 Å². The first kappa shape index (κ1) is 18.2. The molecule has 2 amide bonds. The standard InChI is InChI=1S/C19H21BrN2O2/c1-14-5-3-4-6-16(14)13-21-19(24)11-12-22(15(2)23)18-9-7-17(20)8-10-18/h3-10H,11-13H2,1-2H3,(H,21,24). The lowest BCUT2D eigenvalue weighted by Crippen LogP contribution is -2.33. The van der Waals surface area contributed by atoms with Crippen LogP contribution in [0.25, 0.3) is 0 Å². The molecule has 2 aromatic rings. The van der Waals surface area contributed by atoms with Gasteiger partial charge in [0.05, 0.1) is 0 Å². The highest BCUT2D eigenvalue weighted by Gasteiger charge is 2.13. The Kier molecular flexibility index (Phi) is 6.55. The molecule has 2 rings (SSSR count). The first-order chi connectivity index (χ1) is 11.5. The molecule has 2 aromatic carbocycles. The van der Waals surface area contributed by atoms with Gasteiger partial charge in [-0.3, -0.25) is 9.59 Å². The van der Waals surface area contributed by atoms with E-state index in [1.165, 1.54) is 6.92 Å². The molecule has 0 heterocycles. The van der Waals surface area contributed by atoms with Crippen LogP contribution in [-0.4, -0.2) is 18.4 Å². The minimum atomic E-state index is -0.0796. The smallest absolute Gasteiger partial charge is 0.223 e. The first-order valence-corrected chi connectivity index (χ1v) is 8.61. The molecule has 0 aliphatic carbocycles. The van der Waals surface area contributed by atoms with E-state index in [0.717, 1.165) is 21.3 Å². The van der Waals surface area contributed by atoms with Gasteiger partial charge in [0.15, 0.2) is 0 Å². The van der Waals surface area contributed by atoms with Crippen molar-refractivity contribution in [1.82, 2.24) is 5.32 Å². The molecule has 0 saturated heterocycles. The van der Waals surface area contributed by atoms with Crippen LogP contribution in [0, 0.1) is 6.92 Å². The van der Waals surface area contributed by atoms with Crippen LogP contribution >= 0.6 is 15.9 Å². The van der Waals surface area contributed by atoms with Crippen molar-refractivity contribution in [3.8, 4) is 0 Å². The van der Waals surface area contributed by atoms with Crippen molar-refractivity contribution in [3.63, 3.8) is 0 Å². The van der Waals surface area contributed by atoms with Crippen LogP contribution in [0.5, 0.6) is 0 Å². The van der Waals surface area contributed by atoms with Crippen molar-refractivity contribution >= 4 is 33.4 Å². The van der Waals surface area contributed by atoms with Crippen LogP contribution in [0.3, 0.4) is 0 Å². The molecular formula is C19H21BrN2O2. The van der Waals surface area contributed by atoms with Crippen LogP contribution in [0.1, 0.15) is 24.5 Å². The molecular weight excluding hydrogens is 368 g/mol. The number of halogens is 1. The van der Waals surface area contributed by atoms with Crippen molar-refractivity contribution in [2.75, 3.05) is 11.4 Å². The number of nitrogens with one attached hydrogen (secondary N) is 1. The predicted molar refractivity (Wildman–Crippen MR) is 99.8 cm³/mol. The molecule has 0 fully saturated rings. The highest BCUT2D eigenvalue weighted by molar-refractivity contribution is 9.10. The third kappa shape index (κ3) is 5.20. The van der Waals surface area contributed by atoms with E-state index in [1.54, 1.807) is 4.90 Å². The number of hydrogen-bond acceptors (Lipinski definition) is 2. The molecule has 5 heteroatoms. The van der Waals surface area contributed by atoms with Gasteiger partial charge in [-0.1, -0.05) is 40.2 Å². The van der Waals surface area contributed by atoms with Gasteiger partial charge in [0.2, 0.25) is 11.8 Å². The van der Waals surface area contributed by atoms with Gasteiger partial charge in [-0.2, -0.15) is 0 Å². The monoisotopic (exact) mass is 388 g/mol. The van der Waals surface area contributed by atoms with Crippen LogP contribution in [-0.2, 0) is 16.1 Å². The largest absolute Gasteiger partial charge is 0.352 e. The van der Waals surface area contributed by atoms with Crippen molar-refractivity contribution in [2.24, 2.45) is 0 Å². The molecule has 0 saturated carbocycles. The summed E-state index contributed by atoms with van der Waals surface area (Å²) in [6, 6.07) is 15.4. The minimum Gasteiger partial charge on any atom is -0.352 e. The minimum absolute atomic E-state index is 0.0679. The van der Waals surface area contributed by atoms with Crippen molar-refractivity contribution in [2.45, 2.75) is 26.8 Å². The summed E-state index contributed by atoms with van der Waals surface area (Å²) in [4.78, 5) is 25.5. The Morgan fingerprint density at radius 2 is 1.75 bits per heavy atom. The zero-order chi connectivity index (χ0) is 17.5. The summed E-state index contributed by atoms with van der Waals surface area (Å²) < 4.78 is 0.950. The van der Waals surface area contributed by atoms with Gasteiger partial charge in [0.1, 0.15) is 0 Å². The summed E-state index contributed by atoms with van der Waals surface area (Å²) in [7, 11) is 0. The fraction of sp³-hybridized carbons (Fsp3) is 0.263. The molecule has 0 aliphatic heterocycles. The molecule has 126 valence electrons. The van der Waals surface area contributed by atoms with Gasteiger partial charge in [-0.15, -0.1) is 0 Å². The highest BCUT2D eigenvalue weighted by atomic mass is 79.9. The second-order valence-electron chi connectivity index (χ2n) is 5.60. The van der Waals surface area contributed by atoms with E-state index in [1.807, 2.05) is 55.5 Å². The molecule has 4 nitrogen and oxygen atoms in total. The zero-order valence-corrected chi connectivity index (χ0v) is 15.5. The van der Waals surface area contributed by atoms with E-state index < -0.39 is 0 Å². The van der Waals surface area contributed by atoms with Crippen LogP contribution in [0.4, 0.5) is 5.69 Å². The number of carbonyl (C=O) groups is 2. The summed E-state index contributed by atoms with van der Waals surface area (Å²) in [5.74, 6) is -0.148. The van der Waals surface area contributed by atoms with Crippen LogP contribution in [0.15, 0.2) is 53.0 Å². The Hall–Kier alpha value is -2.14. The lowest BCUT2D eigenvalue weighted by Gasteiger charge is -2.21. The van der Waals surface area contributed by atoms with Crippen molar-refractivity contribution in [3.05, 3.63) is 64.1 Å². The summed E-state index contributed by atoms with van der Waals surface area (Å²) >= 11 is 3.37. The second kappa shape index (κ2) is 8.64. The van der Waals surface area contributed by atoms with E-state index >= 15 is 0 Å². The van der Waals surface area contributed by atoms with E-state index in [9.17, 15) is 9.59 Å². The van der Waals surface area contributed by atoms with E-state index in [-0.39, 0.29) is 18.2 Å². The molecule has 0 atom stereocenters. The number of nitrogens with zero attached hydrogens (tertiary/aromatic N) is 1. The fourth-order valence-electron chi connectivity index (χ4n) is 2.39. The first-order valence-electron chi connectivity index (χ1n) is 7.82. The third-order valence-corrected chi connectivity index (χ3v) is 4.35. The molecule has 0 unspecified atom stereocenters. The van der Waals surface area contributed by atoms with E-state index in [2.05, 4.69) is 21.2 Å². The summed E-state index contributed by atoms with van der Waals surface area (Å²) in [6.45, 7) is 4.39. The molecule has 0 radical (unpaired) electrons. The zero-order valence-electron chi connectivity index (χ0n) is 13.9. The average Bonchev–Trinajstić information content (AvgIpc) is 2.55. The Morgan fingerprint density at radius 1 is 1.08 bits per heavy atom. The molecule has 0 aliphatic rings. The normalized spacial score (nSPS) is 10.3. The van der Waals surface area contributed by atoms with E-state index in [4.69, 9.17) is 0 Å². The maximum Gasteiger partial charge on any atom is 0.223 e. The van der Waals surface area contributed by atoms with Crippen molar-refractivity contribution in [1.29, 1.82) is 0 Å². The van der Waals surface area contributed by atoms with Crippen LogP contribution in [0.2, 0.25) is 0 Å². The van der Waals surface area contributed by atoms with Gasteiger partial charge in [0, 0.05) is 36.6 Å². The van der Waals surface area contributed by atoms with Crippen LogP contribution < -0.4 is 10.2 Å². The molecule has 0 bridgehead atoms. The quantitative estimate of drug-likeness (QED) is 0.817. The van der Waals surface area contributed by atoms with Gasteiger partial charge in [-0.05, 0) is 42.3 Å². The third-order valence-electron chi connectivity index (χ3n) is 3.82. The number of carbonyl (C=O) groups excluding carboxylic acids is 2. The Labute approximate surface area is 151 Å². The maximum atomic E-state index is 12.1. The average molecular weight is 389 g/mol. The second-order valence-corrected chi connectivity index (χ2v) is 6.52. The Morgan fingerprint density at radius 3 is 2.38 bits per heavy atom. The van der Waals surface area contributed by atoms with Gasteiger partial charge in [0.25, 0.3) is 0 Å². The van der Waals surface area contributed by atoms with Gasteiger partial charge >= 0.3 is 0 Å². The number of aryl methyl sites for hydroxylation is 1. The summed E-state index contributed by atoms with van der Waals surface area (Å²) in [5, 5.41) is 2.91. The number of rotatable bonds is 6. The maximum absolute atomic E-state index is 12.1. The summed E-state index contributed by atoms with van der Waals surface area (Å²) in [5.41, 5.74) is 3.04. The predicted octanol–water partition coefficient (Wildman–Crippen LogP) is 3.82. The SMILES string of the molecule is CC(=O)N(CCC(=O)NCc1ccccc1C)c1ccc(Br)cc1. The van der Waals surface area contributed by atoms with E-state index in [0.29, 0.717) is 13.1 Å². The fourth-order valence-corrected chi connectivity index (χ4v) is 2.66. The number of benzene rings is 2. The van der Waals surface area contributed by atoms with Gasteiger partial charge in [-0.25, -0.2) is 0 Å². The lowest BCUT2D eigenvalue weighted by molar-refractivity contribution is -0.121. The highest BCUT2D eigenvalue weighted by Crippen LogP contribution is 2.19. The topological polar surface area (TPSA) is 49.4 Å². The molecule has 1 N–H and O–H groups in total. The number of hydrogen-bond donors (Lipinski definition) is 1. The summed E-state index contributed by atoms with van der Waals surface area (Å²) in [6.07, 6.45) is 0.265. The Balaban J connectivity index is 1.90. The Bertz CT molecular complexity index is 714. The molecule has 0 spiro atoms. The number of amides is 2. The number of anilines is 1. The lowest BCUT2D eigenvalue weighted by atomic mass is 10.1.